The molecule has 2 N–H and O–H groups in total. The molecule has 0 aliphatic carbocycles. The van der Waals surface area contributed by atoms with Gasteiger partial charge in [0.05, 0.1) is 17.7 Å². The summed E-state index contributed by atoms with van der Waals surface area (Å²) in [6.07, 6.45) is -4.30. The smallest absolute Gasteiger partial charge is 0.341 e. The van der Waals surface area contributed by atoms with Gasteiger partial charge in [-0.05, 0) is 19.1 Å². The maximum absolute atomic E-state index is 12.8. The van der Waals surface area contributed by atoms with Crippen LogP contribution in [-0.2, 0) is 17.4 Å². The molecule has 1 amide bonds. The molecule has 0 saturated carbocycles. The fourth-order valence-electron chi connectivity index (χ4n) is 2.03. The van der Waals surface area contributed by atoms with E-state index in [2.05, 4.69) is 4.98 Å². The molecule has 1 aromatic heterocycles. The Morgan fingerprint density at radius 2 is 2.12 bits per heavy atom. The average molecular weight is 357 g/mol. The molecule has 130 valence electrons. The number of amides is 1. The first-order valence-electron chi connectivity index (χ1n) is 7.30. The molecule has 1 heterocycles. The fraction of sp³-hybridized carbons (Fsp3) is 0.375. The van der Waals surface area contributed by atoms with Crippen LogP contribution in [0, 0.1) is 0 Å². The molecule has 24 heavy (non-hydrogen) atoms. The molecule has 4 nitrogen and oxygen atoms in total. The van der Waals surface area contributed by atoms with Crippen LogP contribution in [0.3, 0.4) is 0 Å². The highest BCUT2D eigenvalue weighted by Crippen LogP contribution is 2.33. The van der Waals surface area contributed by atoms with Gasteiger partial charge in [0, 0.05) is 30.6 Å². The maximum Gasteiger partial charge on any atom is 0.416 e. The lowest BCUT2D eigenvalue weighted by atomic mass is 10.1. The number of benzene rings is 1. The van der Waals surface area contributed by atoms with E-state index in [1.54, 1.807) is 23.4 Å². The van der Waals surface area contributed by atoms with Crippen LogP contribution >= 0.6 is 11.3 Å². The van der Waals surface area contributed by atoms with E-state index >= 15 is 0 Å². The summed E-state index contributed by atoms with van der Waals surface area (Å²) in [6.45, 7) is 2.20. The van der Waals surface area contributed by atoms with Crippen LogP contribution in [0.25, 0.3) is 10.6 Å². The van der Waals surface area contributed by atoms with E-state index in [0.717, 1.165) is 12.1 Å². The minimum atomic E-state index is -4.40. The Morgan fingerprint density at radius 1 is 1.42 bits per heavy atom. The Morgan fingerprint density at radius 3 is 2.75 bits per heavy atom. The number of carbonyl (C=O) groups excluding carboxylic acids is 1. The van der Waals surface area contributed by atoms with Crippen LogP contribution in [0.4, 0.5) is 13.2 Å². The molecule has 0 radical (unpaired) electrons. The minimum absolute atomic E-state index is 0.0842. The Bertz CT molecular complexity index is 715. The second-order valence-electron chi connectivity index (χ2n) is 5.49. The SMILES string of the molecule is CC(CN)N(C)C(=O)Cc1csc(-c2cccc(C(F)(F)F)c2)n1. The quantitative estimate of drug-likeness (QED) is 0.894. The van der Waals surface area contributed by atoms with Gasteiger partial charge in [-0.2, -0.15) is 13.2 Å². The number of thiazole rings is 1. The number of hydrogen-bond acceptors (Lipinski definition) is 4. The first-order valence-corrected chi connectivity index (χ1v) is 8.18. The summed E-state index contributed by atoms with van der Waals surface area (Å²) in [5.41, 5.74) is 5.74. The van der Waals surface area contributed by atoms with Gasteiger partial charge in [0.25, 0.3) is 0 Å². The summed E-state index contributed by atoms with van der Waals surface area (Å²) in [5.74, 6) is -0.131. The molecule has 0 spiro atoms. The van der Waals surface area contributed by atoms with Crippen LogP contribution in [0.2, 0.25) is 0 Å². The van der Waals surface area contributed by atoms with Crippen molar-refractivity contribution in [2.45, 2.75) is 25.6 Å². The third-order valence-electron chi connectivity index (χ3n) is 3.72. The molecule has 1 atom stereocenters. The molecular weight excluding hydrogens is 339 g/mol. The third kappa shape index (κ3) is 4.33. The van der Waals surface area contributed by atoms with Gasteiger partial charge >= 0.3 is 6.18 Å². The summed E-state index contributed by atoms with van der Waals surface area (Å²) in [6, 6.07) is 4.92. The zero-order chi connectivity index (χ0) is 17.9. The molecule has 0 bridgehead atoms. The van der Waals surface area contributed by atoms with Crippen molar-refractivity contribution in [1.29, 1.82) is 0 Å². The second-order valence-corrected chi connectivity index (χ2v) is 6.35. The summed E-state index contributed by atoms with van der Waals surface area (Å²) in [7, 11) is 1.67. The van der Waals surface area contributed by atoms with Crippen molar-refractivity contribution in [3.63, 3.8) is 0 Å². The lowest BCUT2D eigenvalue weighted by Crippen LogP contribution is -2.40. The fourth-order valence-corrected chi connectivity index (χ4v) is 2.85. The molecule has 0 aliphatic heterocycles. The molecule has 8 heteroatoms. The number of nitrogens with two attached hydrogens (primary N) is 1. The van der Waals surface area contributed by atoms with Crippen LogP contribution in [0.1, 0.15) is 18.2 Å². The third-order valence-corrected chi connectivity index (χ3v) is 4.66. The highest BCUT2D eigenvalue weighted by molar-refractivity contribution is 7.13. The number of carbonyl (C=O) groups is 1. The van der Waals surface area contributed by atoms with Gasteiger partial charge in [-0.1, -0.05) is 12.1 Å². The van der Waals surface area contributed by atoms with Crippen LogP contribution in [-0.4, -0.2) is 35.4 Å². The van der Waals surface area contributed by atoms with E-state index in [1.807, 2.05) is 6.92 Å². The van der Waals surface area contributed by atoms with Crippen molar-refractivity contribution in [2.75, 3.05) is 13.6 Å². The molecule has 0 saturated heterocycles. The Kier molecular flexibility index (Phi) is 5.61. The van der Waals surface area contributed by atoms with E-state index in [4.69, 9.17) is 5.73 Å². The van der Waals surface area contributed by atoms with E-state index in [-0.39, 0.29) is 18.4 Å². The van der Waals surface area contributed by atoms with Crippen molar-refractivity contribution in [2.24, 2.45) is 5.73 Å². The number of halogens is 3. The number of hydrogen-bond donors (Lipinski definition) is 1. The molecule has 2 aromatic rings. The standard InChI is InChI=1S/C16H18F3N3OS/c1-10(8-20)22(2)14(23)7-13-9-24-15(21-13)11-4-3-5-12(6-11)16(17,18)19/h3-6,9-10H,7-8,20H2,1-2H3. The molecule has 0 aliphatic rings. The molecular formula is C16H18F3N3OS. The normalized spacial score (nSPS) is 12.9. The maximum atomic E-state index is 12.8. The minimum Gasteiger partial charge on any atom is -0.341 e. The van der Waals surface area contributed by atoms with Crippen molar-refractivity contribution in [3.05, 3.63) is 40.9 Å². The highest BCUT2D eigenvalue weighted by Gasteiger charge is 2.30. The Hall–Kier alpha value is -1.93. The van der Waals surface area contributed by atoms with Gasteiger partial charge in [-0.25, -0.2) is 4.98 Å². The molecule has 2 rings (SSSR count). The van der Waals surface area contributed by atoms with Gasteiger partial charge in [-0.15, -0.1) is 11.3 Å². The first-order chi connectivity index (χ1) is 11.2. The average Bonchev–Trinajstić information content (AvgIpc) is 3.01. The number of rotatable bonds is 5. The first kappa shape index (κ1) is 18.4. The predicted molar refractivity (Wildman–Crippen MR) is 87.5 cm³/mol. The van der Waals surface area contributed by atoms with Gasteiger partial charge in [0.1, 0.15) is 5.01 Å². The molecule has 0 fully saturated rings. The highest BCUT2D eigenvalue weighted by atomic mass is 32.1. The summed E-state index contributed by atoms with van der Waals surface area (Å²) in [4.78, 5) is 18.0. The summed E-state index contributed by atoms with van der Waals surface area (Å²) >= 11 is 1.22. The summed E-state index contributed by atoms with van der Waals surface area (Å²) in [5, 5.41) is 2.15. The molecule has 1 unspecified atom stereocenters. The van der Waals surface area contributed by atoms with Gasteiger partial charge in [0.15, 0.2) is 0 Å². The number of aromatic nitrogens is 1. The van der Waals surface area contributed by atoms with Crippen molar-refractivity contribution >= 4 is 17.2 Å². The van der Waals surface area contributed by atoms with E-state index in [9.17, 15) is 18.0 Å². The van der Waals surface area contributed by atoms with Gasteiger partial charge in [-0.3, -0.25) is 4.79 Å². The van der Waals surface area contributed by atoms with Crippen LogP contribution in [0.5, 0.6) is 0 Å². The van der Waals surface area contributed by atoms with Crippen LogP contribution < -0.4 is 5.73 Å². The number of alkyl halides is 3. The number of nitrogens with zero attached hydrogens (tertiary/aromatic N) is 2. The number of likely N-dealkylation sites (N-methyl/N-ethyl adjacent to an activating group) is 1. The van der Waals surface area contributed by atoms with Gasteiger partial charge in [0.2, 0.25) is 5.91 Å². The molecule has 1 aromatic carbocycles. The largest absolute Gasteiger partial charge is 0.416 e. The van der Waals surface area contributed by atoms with Crippen molar-refractivity contribution in [1.82, 2.24) is 9.88 Å². The van der Waals surface area contributed by atoms with E-state index in [0.29, 0.717) is 22.8 Å². The second kappa shape index (κ2) is 7.31. The summed E-state index contributed by atoms with van der Waals surface area (Å²) < 4.78 is 38.3. The predicted octanol–water partition coefficient (Wildman–Crippen LogP) is 3.18. The topological polar surface area (TPSA) is 59.2 Å². The Labute approximate surface area is 142 Å². The monoisotopic (exact) mass is 357 g/mol. The lowest BCUT2D eigenvalue weighted by molar-refractivity contribution is -0.137. The van der Waals surface area contributed by atoms with E-state index < -0.39 is 11.7 Å². The van der Waals surface area contributed by atoms with Crippen LogP contribution in [0.15, 0.2) is 29.6 Å². The van der Waals surface area contributed by atoms with Gasteiger partial charge < -0.3 is 10.6 Å². The van der Waals surface area contributed by atoms with Crippen molar-refractivity contribution < 1.29 is 18.0 Å². The van der Waals surface area contributed by atoms with E-state index in [1.165, 1.54) is 17.4 Å². The zero-order valence-corrected chi connectivity index (χ0v) is 14.1. The lowest BCUT2D eigenvalue weighted by Gasteiger charge is -2.23. The zero-order valence-electron chi connectivity index (χ0n) is 13.3. The Balaban J connectivity index is 2.15. The van der Waals surface area contributed by atoms with Crippen molar-refractivity contribution in [3.8, 4) is 10.6 Å².